The van der Waals surface area contributed by atoms with E-state index in [-0.39, 0.29) is 0 Å². The third kappa shape index (κ3) is 3.73. The van der Waals surface area contributed by atoms with Gasteiger partial charge in [0.15, 0.2) is 0 Å². The van der Waals surface area contributed by atoms with Crippen LogP contribution in [0.3, 0.4) is 0 Å². The van der Waals surface area contributed by atoms with Crippen molar-refractivity contribution in [2.45, 2.75) is 5.41 Å². The summed E-state index contributed by atoms with van der Waals surface area (Å²) >= 11 is 0. The monoisotopic (exact) mass is 676 g/mol. The van der Waals surface area contributed by atoms with Crippen molar-refractivity contribution in [2.24, 2.45) is 0 Å². The Morgan fingerprint density at radius 2 is 1.23 bits per heavy atom. The van der Waals surface area contributed by atoms with E-state index in [0.29, 0.717) is 5.95 Å². The SMILES string of the molecule is C1=Cc2ccc(-c3ccc4c(c3)c3cccnc3n4-c3ncccn3)cc2C2(c3ccccc31)c1ccccc1-c1c2ccc2oc3ccccc3c12. The third-order valence-corrected chi connectivity index (χ3v) is 11.4. The number of rotatable bonds is 2. The molecule has 5 heteroatoms. The smallest absolute Gasteiger partial charge is 0.235 e. The maximum atomic E-state index is 6.48. The first-order chi connectivity index (χ1) is 26.3. The summed E-state index contributed by atoms with van der Waals surface area (Å²) in [5.41, 5.74) is 15.4. The molecular formula is C48H28N4O. The second-order valence-electron chi connectivity index (χ2n) is 14.0. The molecule has 1 spiro atoms. The fraction of sp³-hybridized carbons (Fsp3) is 0.0208. The Balaban J connectivity index is 1.16. The Morgan fingerprint density at radius 3 is 2.15 bits per heavy atom. The second-order valence-corrected chi connectivity index (χ2v) is 14.0. The van der Waals surface area contributed by atoms with Gasteiger partial charge in [0.1, 0.15) is 16.8 Å². The lowest BCUT2D eigenvalue weighted by molar-refractivity contribution is 0.668. The quantitative estimate of drug-likeness (QED) is 0.183. The van der Waals surface area contributed by atoms with E-state index < -0.39 is 5.41 Å². The lowest BCUT2D eigenvalue weighted by Gasteiger charge is -2.35. The fourth-order valence-corrected chi connectivity index (χ4v) is 9.31. The Morgan fingerprint density at radius 1 is 0.491 bits per heavy atom. The molecule has 246 valence electrons. The minimum atomic E-state index is -0.571. The molecule has 0 N–H and O–H groups in total. The van der Waals surface area contributed by atoms with Gasteiger partial charge < -0.3 is 4.42 Å². The number of hydrogen-bond donors (Lipinski definition) is 0. The number of nitrogens with zero attached hydrogens (tertiary/aromatic N) is 4. The van der Waals surface area contributed by atoms with Gasteiger partial charge in [-0.1, -0.05) is 103 Å². The van der Waals surface area contributed by atoms with Crippen LogP contribution in [0.25, 0.3) is 84.2 Å². The van der Waals surface area contributed by atoms with Crippen LogP contribution >= 0.6 is 0 Å². The molecule has 1 atom stereocenters. The summed E-state index contributed by atoms with van der Waals surface area (Å²) in [6.45, 7) is 0. The van der Waals surface area contributed by atoms with Gasteiger partial charge in [0.2, 0.25) is 5.95 Å². The van der Waals surface area contributed by atoms with Gasteiger partial charge in [-0.3, -0.25) is 4.57 Å². The van der Waals surface area contributed by atoms with Gasteiger partial charge in [-0.2, -0.15) is 0 Å². The second kappa shape index (κ2) is 10.5. The highest BCUT2D eigenvalue weighted by Crippen LogP contribution is 2.61. The first kappa shape index (κ1) is 28.6. The van der Waals surface area contributed by atoms with Crippen LogP contribution in [0, 0.1) is 0 Å². The molecule has 5 nitrogen and oxygen atoms in total. The molecule has 1 unspecified atom stereocenters. The molecular weight excluding hydrogens is 649 g/mol. The van der Waals surface area contributed by atoms with Crippen molar-refractivity contribution in [3.8, 4) is 28.2 Å². The molecule has 4 aromatic heterocycles. The zero-order valence-corrected chi connectivity index (χ0v) is 28.4. The largest absolute Gasteiger partial charge is 0.456 e. The average Bonchev–Trinajstić information content (AvgIpc) is 3.83. The van der Waals surface area contributed by atoms with Crippen molar-refractivity contribution >= 4 is 56.0 Å². The van der Waals surface area contributed by atoms with E-state index in [1.807, 2.05) is 24.4 Å². The van der Waals surface area contributed by atoms with Crippen LogP contribution in [0.1, 0.15) is 33.4 Å². The predicted octanol–water partition coefficient (Wildman–Crippen LogP) is 11.4. The molecule has 53 heavy (non-hydrogen) atoms. The third-order valence-electron chi connectivity index (χ3n) is 11.4. The summed E-state index contributed by atoms with van der Waals surface area (Å²) in [7, 11) is 0. The van der Waals surface area contributed by atoms with Crippen LogP contribution in [-0.2, 0) is 5.41 Å². The van der Waals surface area contributed by atoms with E-state index in [0.717, 1.165) is 49.6 Å². The summed E-state index contributed by atoms with van der Waals surface area (Å²) < 4.78 is 8.53. The van der Waals surface area contributed by atoms with Crippen molar-refractivity contribution in [1.29, 1.82) is 0 Å². The van der Waals surface area contributed by atoms with Crippen LogP contribution < -0.4 is 0 Å². The predicted molar refractivity (Wildman–Crippen MR) is 213 cm³/mol. The number of hydrogen-bond acceptors (Lipinski definition) is 4. The summed E-state index contributed by atoms with van der Waals surface area (Å²) in [5, 5.41) is 4.49. The fourth-order valence-electron chi connectivity index (χ4n) is 9.31. The van der Waals surface area contributed by atoms with Crippen LogP contribution in [0.4, 0.5) is 0 Å². The normalized spacial score (nSPS) is 15.5. The van der Waals surface area contributed by atoms with E-state index in [4.69, 9.17) is 9.40 Å². The van der Waals surface area contributed by atoms with Crippen LogP contribution in [0.15, 0.2) is 163 Å². The highest BCUT2D eigenvalue weighted by molar-refractivity contribution is 6.16. The summed E-state index contributed by atoms with van der Waals surface area (Å²) in [4.78, 5) is 14.0. The average molecular weight is 677 g/mol. The summed E-state index contributed by atoms with van der Waals surface area (Å²) in [5.74, 6) is 0.606. The van der Waals surface area contributed by atoms with Crippen molar-refractivity contribution in [1.82, 2.24) is 19.5 Å². The summed E-state index contributed by atoms with van der Waals surface area (Å²) in [6, 6.07) is 50.5. The maximum Gasteiger partial charge on any atom is 0.235 e. The zero-order valence-electron chi connectivity index (χ0n) is 28.4. The molecule has 2 aliphatic rings. The number of aromatic nitrogens is 4. The van der Waals surface area contributed by atoms with Gasteiger partial charge in [0.05, 0.1) is 10.9 Å². The number of furan rings is 1. The van der Waals surface area contributed by atoms with Gasteiger partial charge >= 0.3 is 0 Å². The van der Waals surface area contributed by atoms with E-state index >= 15 is 0 Å². The van der Waals surface area contributed by atoms with E-state index in [1.54, 1.807) is 12.4 Å². The Kier molecular flexibility index (Phi) is 5.64. The minimum absolute atomic E-state index is 0.571. The van der Waals surface area contributed by atoms with Gasteiger partial charge in [-0.05, 0) is 104 Å². The highest BCUT2D eigenvalue weighted by atomic mass is 16.3. The van der Waals surface area contributed by atoms with Gasteiger partial charge in [0.25, 0.3) is 0 Å². The Labute approximate surface area is 304 Å². The van der Waals surface area contributed by atoms with Crippen molar-refractivity contribution in [3.63, 3.8) is 0 Å². The van der Waals surface area contributed by atoms with Gasteiger partial charge in [0, 0.05) is 40.1 Å². The number of fused-ring (bicyclic) bond motifs is 16. The molecule has 4 heterocycles. The lowest BCUT2D eigenvalue weighted by atomic mass is 9.65. The van der Waals surface area contributed by atoms with Gasteiger partial charge in [-0.25, -0.2) is 15.0 Å². The van der Waals surface area contributed by atoms with E-state index in [2.05, 4.69) is 148 Å². The molecule has 0 saturated heterocycles. The number of benzene rings is 6. The van der Waals surface area contributed by atoms with Crippen LogP contribution in [0.5, 0.6) is 0 Å². The van der Waals surface area contributed by atoms with Crippen molar-refractivity contribution < 1.29 is 4.42 Å². The number of para-hydroxylation sites is 1. The standard InChI is InChI=1S/C48H28N4O/c1-4-13-37-29(9-1)16-17-30-18-19-32(31-20-22-41-36(27-31)33-12-7-24-49-46(33)52(41)47-50-25-8-26-51-47)28-40(30)48(37)38-14-5-2-10-34(38)44-39(48)21-23-43-45(44)35-11-3-6-15-42(35)53-43/h1-28H. The molecule has 0 saturated carbocycles. The van der Waals surface area contributed by atoms with Crippen molar-refractivity contribution in [3.05, 3.63) is 191 Å². The molecule has 2 aliphatic carbocycles. The Hall–Kier alpha value is -7.11. The molecule has 0 amide bonds. The van der Waals surface area contributed by atoms with Crippen LogP contribution in [0.2, 0.25) is 0 Å². The van der Waals surface area contributed by atoms with E-state index in [1.165, 1.54) is 49.9 Å². The van der Waals surface area contributed by atoms with Gasteiger partial charge in [-0.15, -0.1) is 0 Å². The van der Waals surface area contributed by atoms with Crippen molar-refractivity contribution in [2.75, 3.05) is 0 Å². The van der Waals surface area contributed by atoms with E-state index in [9.17, 15) is 0 Å². The molecule has 0 bridgehead atoms. The molecule has 6 aromatic carbocycles. The van der Waals surface area contributed by atoms with Crippen LogP contribution in [-0.4, -0.2) is 19.5 Å². The number of pyridine rings is 1. The first-order valence-corrected chi connectivity index (χ1v) is 17.9. The molecule has 12 rings (SSSR count). The molecule has 0 fully saturated rings. The summed E-state index contributed by atoms with van der Waals surface area (Å²) in [6.07, 6.45) is 9.95. The lowest BCUT2D eigenvalue weighted by Crippen LogP contribution is -2.30. The molecule has 0 aliphatic heterocycles. The maximum absolute atomic E-state index is 6.48. The topological polar surface area (TPSA) is 56.7 Å². The first-order valence-electron chi connectivity index (χ1n) is 17.9. The Bertz CT molecular complexity index is 3190. The zero-order chi connectivity index (χ0) is 34.7. The minimum Gasteiger partial charge on any atom is -0.456 e. The molecule has 0 radical (unpaired) electrons. The highest BCUT2D eigenvalue weighted by Gasteiger charge is 2.49. The molecule has 10 aromatic rings.